The van der Waals surface area contributed by atoms with E-state index in [-0.39, 0.29) is 17.4 Å². The van der Waals surface area contributed by atoms with Crippen LogP contribution in [0.4, 0.5) is 23.4 Å². The van der Waals surface area contributed by atoms with E-state index in [4.69, 9.17) is 11.6 Å². The fourth-order valence-corrected chi connectivity index (χ4v) is 2.34. The maximum absolute atomic E-state index is 13.2. The van der Waals surface area contributed by atoms with Crippen LogP contribution in [0.1, 0.15) is 21.7 Å². The second kappa shape index (κ2) is 6.79. The van der Waals surface area contributed by atoms with Gasteiger partial charge >= 0.3 is 6.18 Å². The molecule has 26 heavy (non-hydrogen) atoms. The van der Waals surface area contributed by atoms with E-state index in [9.17, 15) is 22.4 Å². The summed E-state index contributed by atoms with van der Waals surface area (Å²) in [7, 11) is 0. The van der Waals surface area contributed by atoms with E-state index < -0.39 is 29.3 Å². The second-order valence-electron chi connectivity index (χ2n) is 5.27. The molecule has 11 heteroatoms. The zero-order chi connectivity index (χ0) is 18.9. The summed E-state index contributed by atoms with van der Waals surface area (Å²) in [6.45, 7) is 0.188. The normalized spacial score (nSPS) is 11.6. The molecule has 0 radical (unpaired) electrons. The number of alkyl halides is 3. The minimum absolute atomic E-state index is 0.0513. The summed E-state index contributed by atoms with van der Waals surface area (Å²) in [5, 5.41) is 11.4. The van der Waals surface area contributed by atoms with Crippen molar-refractivity contribution in [2.24, 2.45) is 0 Å². The lowest BCUT2D eigenvalue weighted by atomic mass is 10.2. The summed E-state index contributed by atoms with van der Waals surface area (Å²) in [5.41, 5.74) is -0.998. The van der Waals surface area contributed by atoms with E-state index in [1.54, 1.807) is 11.2 Å². The van der Waals surface area contributed by atoms with E-state index in [1.165, 1.54) is 29.1 Å². The zero-order valence-electron chi connectivity index (χ0n) is 12.8. The number of aromatic nitrogens is 4. The van der Waals surface area contributed by atoms with Crippen molar-refractivity contribution in [3.05, 3.63) is 64.3 Å². The Morgan fingerprint density at radius 1 is 1.31 bits per heavy atom. The summed E-state index contributed by atoms with van der Waals surface area (Å²) in [5.74, 6) is -1.37. The van der Waals surface area contributed by atoms with Crippen LogP contribution in [-0.4, -0.2) is 25.9 Å². The Labute approximate surface area is 148 Å². The molecule has 0 saturated heterocycles. The SMILES string of the molecule is O=C(Nc1nn(Cc2cccc(F)c2)cc1Cl)c1cc(C(F)(F)F)[nH]n1. The minimum atomic E-state index is -4.64. The number of H-pyrrole nitrogens is 1. The third kappa shape index (κ3) is 4.02. The number of nitrogens with zero attached hydrogens (tertiary/aromatic N) is 3. The van der Waals surface area contributed by atoms with E-state index >= 15 is 0 Å². The van der Waals surface area contributed by atoms with Crippen LogP contribution in [0, 0.1) is 5.82 Å². The highest BCUT2D eigenvalue weighted by atomic mass is 35.5. The first-order chi connectivity index (χ1) is 12.2. The molecule has 2 aromatic heterocycles. The molecule has 0 fully saturated rings. The molecule has 0 bridgehead atoms. The minimum Gasteiger partial charge on any atom is -0.302 e. The van der Waals surface area contributed by atoms with E-state index in [0.717, 1.165) is 0 Å². The number of anilines is 1. The fraction of sp³-hybridized carbons (Fsp3) is 0.133. The van der Waals surface area contributed by atoms with Crippen LogP contribution in [0.2, 0.25) is 5.02 Å². The molecule has 0 spiro atoms. The molecule has 0 unspecified atom stereocenters. The topological polar surface area (TPSA) is 75.6 Å². The van der Waals surface area contributed by atoms with Gasteiger partial charge in [-0.15, -0.1) is 0 Å². The third-order valence-corrected chi connectivity index (χ3v) is 3.58. The summed E-state index contributed by atoms with van der Waals surface area (Å²) in [6.07, 6.45) is -3.25. The van der Waals surface area contributed by atoms with Crippen LogP contribution in [0.3, 0.4) is 0 Å². The summed E-state index contributed by atoms with van der Waals surface area (Å²) < 4.78 is 52.1. The van der Waals surface area contributed by atoms with Crippen molar-refractivity contribution in [1.82, 2.24) is 20.0 Å². The lowest BCUT2D eigenvalue weighted by molar-refractivity contribution is -0.141. The lowest BCUT2D eigenvalue weighted by Gasteiger charge is -2.02. The Hall–Kier alpha value is -2.88. The first kappa shape index (κ1) is 17.9. The Morgan fingerprint density at radius 2 is 2.08 bits per heavy atom. The molecular formula is C15H10ClF4N5O. The number of benzene rings is 1. The summed E-state index contributed by atoms with van der Waals surface area (Å²) >= 11 is 5.97. The highest BCUT2D eigenvalue weighted by Crippen LogP contribution is 2.28. The highest BCUT2D eigenvalue weighted by Gasteiger charge is 2.34. The second-order valence-corrected chi connectivity index (χ2v) is 5.68. The number of hydrogen-bond acceptors (Lipinski definition) is 3. The van der Waals surface area contributed by atoms with Crippen LogP contribution >= 0.6 is 11.6 Å². The molecule has 3 rings (SSSR count). The van der Waals surface area contributed by atoms with E-state index in [2.05, 4.69) is 15.5 Å². The highest BCUT2D eigenvalue weighted by molar-refractivity contribution is 6.33. The van der Waals surface area contributed by atoms with E-state index in [1.807, 2.05) is 0 Å². The molecule has 3 aromatic rings. The quantitative estimate of drug-likeness (QED) is 0.670. The van der Waals surface area contributed by atoms with Gasteiger partial charge in [-0.05, 0) is 17.7 Å². The average Bonchev–Trinajstić information content (AvgIpc) is 3.15. The zero-order valence-corrected chi connectivity index (χ0v) is 13.6. The van der Waals surface area contributed by atoms with Gasteiger partial charge in [-0.3, -0.25) is 14.6 Å². The Balaban J connectivity index is 1.73. The first-order valence-electron chi connectivity index (χ1n) is 7.14. The molecule has 0 atom stereocenters. The molecule has 0 saturated carbocycles. The lowest BCUT2D eigenvalue weighted by Crippen LogP contribution is -2.13. The first-order valence-corrected chi connectivity index (χ1v) is 7.51. The molecule has 0 aliphatic rings. The average molecular weight is 388 g/mol. The van der Waals surface area contributed by atoms with Gasteiger partial charge in [-0.1, -0.05) is 23.7 Å². The largest absolute Gasteiger partial charge is 0.432 e. The number of aromatic amines is 1. The van der Waals surface area contributed by atoms with Crippen molar-refractivity contribution in [2.75, 3.05) is 5.32 Å². The number of halogens is 5. The monoisotopic (exact) mass is 387 g/mol. The molecule has 0 aliphatic carbocycles. The van der Waals surface area contributed by atoms with Gasteiger partial charge in [-0.25, -0.2) is 4.39 Å². The van der Waals surface area contributed by atoms with Crippen molar-refractivity contribution < 1.29 is 22.4 Å². The van der Waals surface area contributed by atoms with Gasteiger partial charge in [0.25, 0.3) is 5.91 Å². The third-order valence-electron chi connectivity index (χ3n) is 3.30. The van der Waals surface area contributed by atoms with Crippen molar-refractivity contribution in [2.45, 2.75) is 12.7 Å². The molecule has 1 aromatic carbocycles. The van der Waals surface area contributed by atoms with Crippen LogP contribution in [0.25, 0.3) is 0 Å². The van der Waals surface area contributed by atoms with Crippen molar-refractivity contribution >= 4 is 23.3 Å². The van der Waals surface area contributed by atoms with Crippen LogP contribution in [0.5, 0.6) is 0 Å². The predicted octanol–water partition coefficient (Wildman–Crippen LogP) is 3.72. The number of nitrogens with one attached hydrogen (secondary N) is 2. The van der Waals surface area contributed by atoms with Crippen molar-refractivity contribution in [1.29, 1.82) is 0 Å². The van der Waals surface area contributed by atoms with Gasteiger partial charge < -0.3 is 5.32 Å². The molecule has 0 aliphatic heterocycles. The maximum Gasteiger partial charge on any atom is 0.432 e. The van der Waals surface area contributed by atoms with E-state index in [0.29, 0.717) is 11.6 Å². The number of carbonyl (C=O) groups is 1. The van der Waals surface area contributed by atoms with Gasteiger partial charge in [-0.2, -0.15) is 23.4 Å². The number of carbonyl (C=O) groups excluding carboxylic acids is 1. The number of hydrogen-bond donors (Lipinski definition) is 2. The standard InChI is InChI=1S/C15H10ClF4N5O/c16-10-7-25(6-8-2-1-3-9(17)4-8)24-13(10)21-14(26)11-5-12(23-22-11)15(18,19)20/h1-5,7H,6H2,(H,22,23)(H,21,24,26). The smallest absolute Gasteiger partial charge is 0.302 e. The fourth-order valence-electron chi connectivity index (χ4n) is 2.14. The Kier molecular flexibility index (Phi) is 4.68. The molecule has 2 N–H and O–H groups in total. The molecule has 1 amide bonds. The van der Waals surface area contributed by atoms with Crippen LogP contribution < -0.4 is 5.32 Å². The number of amides is 1. The molecule has 2 heterocycles. The maximum atomic E-state index is 13.2. The molecule has 6 nitrogen and oxygen atoms in total. The summed E-state index contributed by atoms with van der Waals surface area (Å²) in [4.78, 5) is 12.0. The summed E-state index contributed by atoms with van der Waals surface area (Å²) in [6, 6.07) is 6.40. The van der Waals surface area contributed by atoms with Crippen molar-refractivity contribution in [3.63, 3.8) is 0 Å². The Bertz CT molecular complexity index is 950. The van der Waals surface area contributed by atoms with Gasteiger partial charge in [0.05, 0.1) is 6.54 Å². The van der Waals surface area contributed by atoms with Gasteiger partial charge in [0.1, 0.15) is 16.5 Å². The van der Waals surface area contributed by atoms with Crippen LogP contribution in [0.15, 0.2) is 36.5 Å². The van der Waals surface area contributed by atoms with Crippen molar-refractivity contribution in [3.8, 4) is 0 Å². The van der Waals surface area contributed by atoms with Crippen LogP contribution in [-0.2, 0) is 12.7 Å². The van der Waals surface area contributed by atoms with Gasteiger partial charge in [0.15, 0.2) is 11.5 Å². The Morgan fingerprint density at radius 3 is 2.73 bits per heavy atom. The van der Waals surface area contributed by atoms with Gasteiger partial charge in [0, 0.05) is 12.3 Å². The van der Waals surface area contributed by atoms with Gasteiger partial charge in [0.2, 0.25) is 0 Å². The number of rotatable bonds is 4. The molecular weight excluding hydrogens is 378 g/mol. The molecule has 136 valence electrons. The predicted molar refractivity (Wildman–Crippen MR) is 84.3 cm³/mol.